The number of nitrogens with zero attached hydrogens (tertiary/aromatic N) is 2. The van der Waals surface area contributed by atoms with Crippen molar-refractivity contribution in [2.24, 2.45) is 0 Å². The van der Waals surface area contributed by atoms with E-state index in [1.165, 1.54) is 6.07 Å². The molecule has 0 bridgehead atoms. The molecule has 4 rings (SSSR count). The molecular weight excluding hydrogens is 369 g/mol. The molecule has 28 heavy (non-hydrogen) atoms. The number of halogens is 1. The summed E-state index contributed by atoms with van der Waals surface area (Å²) in [6.45, 7) is 1.15. The van der Waals surface area contributed by atoms with Gasteiger partial charge in [-0.1, -0.05) is 0 Å². The number of piperidine rings is 2. The van der Waals surface area contributed by atoms with Crippen LogP contribution in [0.2, 0.25) is 0 Å². The van der Waals surface area contributed by atoms with E-state index >= 15 is 0 Å². The summed E-state index contributed by atoms with van der Waals surface area (Å²) < 4.78 is 20.0. The number of rotatable bonds is 3. The quantitative estimate of drug-likeness (QED) is 0.770. The maximum Gasteiger partial charge on any atom is 0.262 e. The van der Waals surface area contributed by atoms with Crippen LogP contribution in [-0.2, 0) is 14.3 Å². The molecule has 4 amide bonds. The van der Waals surface area contributed by atoms with Crippen molar-refractivity contribution < 1.29 is 28.3 Å². The molecule has 0 spiro atoms. The number of methoxy groups -OCH3 is 1. The second kappa shape index (κ2) is 6.97. The third kappa shape index (κ3) is 2.95. The van der Waals surface area contributed by atoms with E-state index in [1.807, 2.05) is 4.90 Å². The lowest BCUT2D eigenvalue weighted by molar-refractivity contribution is -0.136. The molecule has 1 unspecified atom stereocenters. The molecule has 1 aromatic rings. The molecule has 3 aliphatic heterocycles. The van der Waals surface area contributed by atoms with Crippen molar-refractivity contribution in [2.45, 2.75) is 37.8 Å². The van der Waals surface area contributed by atoms with Crippen LogP contribution in [0.5, 0.6) is 0 Å². The first kappa shape index (κ1) is 18.5. The number of carbonyl (C=O) groups excluding carboxylic acids is 4. The highest BCUT2D eigenvalue weighted by atomic mass is 19.1. The van der Waals surface area contributed by atoms with E-state index in [1.54, 1.807) is 7.11 Å². The van der Waals surface area contributed by atoms with Crippen LogP contribution in [0.15, 0.2) is 12.1 Å². The van der Waals surface area contributed by atoms with Gasteiger partial charge in [0.05, 0.1) is 22.9 Å². The summed E-state index contributed by atoms with van der Waals surface area (Å²) in [5.41, 5.74) is 0.294. The zero-order valence-corrected chi connectivity index (χ0v) is 15.4. The Morgan fingerprint density at radius 3 is 2.29 bits per heavy atom. The molecule has 0 aliphatic carbocycles. The summed E-state index contributed by atoms with van der Waals surface area (Å²) in [6, 6.07) is 1.40. The Kier molecular flexibility index (Phi) is 4.62. The lowest BCUT2D eigenvalue weighted by Gasteiger charge is -2.33. The summed E-state index contributed by atoms with van der Waals surface area (Å²) in [5, 5.41) is 2.14. The number of fused-ring (bicyclic) bond motifs is 1. The van der Waals surface area contributed by atoms with Crippen molar-refractivity contribution in [2.75, 3.05) is 25.1 Å². The first-order chi connectivity index (χ1) is 13.4. The van der Waals surface area contributed by atoms with Crippen LogP contribution in [-0.4, -0.2) is 60.9 Å². The van der Waals surface area contributed by atoms with Crippen LogP contribution in [0.4, 0.5) is 10.1 Å². The van der Waals surface area contributed by atoms with Gasteiger partial charge in [0.2, 0.25) is 11.8 Å². The molecule has 9 heteroatoms. The normalized spacial score (nSPS) is 23.3. The molecule has 0 aromatic heterocycles. The SMILES string of the molecule is COC1CCN(c2cc3c(cc2F)C(=O)N(C2CCC(=O)NC2=O)C3=O)CC1. The summed E-state index contributed by atoms with van der Waals surface area (Å²) >= 11 is 0. The standard InChI is InChI=1S/C19H20FN3O5/c1-28-10-4-6-22(7-5-10)15-9-12-11(8-13(15)20)18(26)23(19(12)27)14-2-3-16(24)21-17(14)25/h8-10,14H,2-7H2,1H3,(H,21,24,25). The van der Waals surface area contributed by atoms with Crippen LogP contribution in [0.1, 0.15) is 46.4 Å². The van der Waals surface area contributed by atoms with Crippen LogP contribution < -0.4 is 10.2 Å². The third-order valence-electron chi connectivity index (χ3n) is 5.62. The first-order valence-corrected chi connectivity index (χ1v) is 9.23. The number of anilines is 1. The molecule has 1 aromatic carbocycles. The van der Waals surface area contributed by atoms with Crippen molar-refractivity contribution in [3.63, 3.8) is 0 Å². The number of carbonyl (C=O) groups is 4. The van der Waals surface area contributed by atoms with E-state index in [4.69, 9.17) is 4.74 Å². The fraction of sp³-hybridized carbons (Fsp3) is 0.474. The van der Waals surface area contributed by atoms with Gasteiger partial charge in [-0.05, 0) is 31.4 Å². The van der Waals surface area contributed by atoms with E-state index in [-0.39, 0.29) is 35.8 Å². The first-order valence-electron chi connectivity index (χ1n) is 9.23. The van der Waals surface area contributed by atoms with Crippen LogP contribution >= 0.6 is 0 Å². The third-order valence-corrected chi connectivity index (χ3v) is 5.62. The second-order valence-corrected chi connectivity index (χ2v) is 7.22. The molecule has 2 saturated heterocycles. The lowest BCUT2D eigenvalue weighted by Crippen LogP contribution is -2.54. The van der Waals surface area contributed by atoms with Gasteiger partial charge in [0.25, 0.3) is 11.8 Å². The fourth-order valence-electron chi connectivity index (χ4n) is 4.05. The maximum absolute atomic E-state index is 14.7. The lowest BCUT2D eigenvalue weighted by atomic mass is 10.0. The van der Waals surface area contributed by atoms with Gasteiger partial charge >= 0.3 is 0 Å². The molecule has 1 N–H and O–H groups in total. The van der Waals surface area contributed by atoms with Crippen LogP contribution in [0, 0.1) is 5.82 Å². The number of hydrogen-bond donors (Lipinski definition) is 1. The summed E-state index contributed by atoms with van der Waals surface area (Å²) in [4.78, 5) is 51.7. The molecule has 3 heterocycles. The van der Waals surface area contributed by atoms with Crippen LogP contribution in [0.3, 0.4) is 0 Å². The Balaban J connectivity index is 1.62. The predicted octanol–water partition coefficient (Wildman–Crippen LogP) is 0.842. The van der Waals surface area contributed by atoms with Gasteiger partial charge in [-0.25, -0.2) is 4.39 Å². The molecule has 148 valence electrons. The Morgan fingerprint density at radius 1 is 1.04 bits per heavy atom. The minimum absolute atomic E-state index is 0.0396. The van der Waals surface area contributed by atoms with Gasteiger partial charge in [0.15, 0.2) is 0 Å². The maximum atomic E-state index is 14.7. The van der Waals surface area contributed by atoms with Crippen molar-refractivity contribution in [1.29, 1.82) is 0 Å². The summed E-state index contributed by atoms with van der Waals surface area (Å²) in [7, 11) is 1.64. The van der Waals surface area contributed by atoms with Gasteiger partial charge in [-0.3, -0.25) is 29.4 Å². The minimum Gasteiger partial charge on any atom is -0.381 e. The number of nitrogens with one attached hydrogen (secondary N) is 1. The average molecular weight is 389 g/mol. The van der Waals surface area contributed by atoms with Gasteiger partial charge in [0, 0.05) is 26.6 Å². The van der Waals surface area contributed by atoms with Gasteiger partial charge in [0.1, 0.15) is 11.9 Å². The molecule has 0 radical (unpaired) electrons. The number of benzene rings is 1. The van der Waals surface area contributed by atoms with Crippen molar-refractivity contribution in [3.05, 3.63) is 29.1 Å². The number of hydrogen-bond acceptors (Lipinski definition) is 6. The second-order valence-electron chi connectivity index (χ2n) is 7.22. The summed E-state index contributed by atoms with van der Waals surface area (Å²) in [6.07, 6.45) is 1.71. The van der Waals surface area contributed by atoms with Crippen LogP contribution in [0.25, 0.3) is 0 Å². The number of amides is 4. The molecule has 8 nitrogen and oxygen atoms in total. The average Bonchev–Trinajstić information content (AvgIpc) is 2.91. The van der Waals surface area contributed by atoms with E-state index in [0.29, 0.717) is 13.1 Å². The predicted molar refractivity (Wildman–Crippen MR) is 95.3 cm³/mol. The monoisotopic (exact) mass is 389 g/mol. The van der Waals surface area contributed by atoms with E-state index in [2.05, 4.69) is 5.32 Å². The number of imide groups is 2. The number of ether oxygens (including phenoxy) is 1. The Labute approximate surface area is 160 Å². The zero-order chi connectivity index (χ0) is 20.0. The minimum atomic E-state index is -1.06. The topological polar surface area (TPSA) is 96.0 Å². The molecule has 2 fully saturated rings. The Bertz CT molecular complexity index is 879. The fourth-order valence-corrected chi connectivity index (χ4v) is 4.05. The van der Waals surface area contributed by atoms with Crippen molar-refractivity contribution in [1.82, 2.24) is 10.2 Å². The van der Waals surface area contributed by atoms with E-state index in [9.17, 15) is 23.6 Å². The molecule has 3 aliphatic rings. The smallest absolute Gasteiger partial charge is 0.262 e. The molecule has 0 saturated carbocycles. The van der Waals surface area contributed by atoms with Gasteiger partial charge in [-0.15, -0.1) is 0 Å². The highest BCUT2D eigenvalue weighted by Crippen LogP contribution is 2.33. The van der Waals surface area contributed by atoms with Crippen molar-refractivity contribution >= 4 is 29.3 Å². The highest BCUT2D eigenvalue weighted by Gasteiger charge is 2.45. The van der Waals surface area contributed by atoms with E-state index < -0.39 is 35.5 Å². The molecule has 1 atom stereocenters. The zero-order valence-electron chi connectivity index (χ0n) is 15.4. The van der Waals surface area contributed by atoms with Crippen molar-refractivity contribution in [3.8, 4) is 0 Å². The van der Waals surface area contributed by atoms with Gasteiger partial charge < -0.3 is 9.64 Å². The van der Waals surface area contributed by atoms with Gasteiger partial charge in [-0.2, -0.15) is 0 Å². The highest BCUT2D eigenvalue weighted by molar-refractivity contribution is 6.23. The van der Waals surface area contributed by atoms with E-state index in [0.717, 1.165) is 23.8 Å². The Hall–Kier alpha value is -2.81. The summed E-state index contributed by atoms with van der Waals surface area (Å²) in [5.74, 6) is -3.06. The largest absolute Gasteiger partial charge is 0.381 e. The molecular formula is C19H20FN3O5. The Morgan fingerprint density at radius 2 is 1.68 bits per heavy atom.